The lowest BCUT2D eigenvalue weighted by Gasteiger charge is -2.39. The number of ether oxygens (including phenoxy) is 3. The summed E-state index contributed by atoms with van der Waals surface area (Å²) in [7, 11) is 4.96. The van der Waals surface area contributed by atoms with Gasteiger partial charge in [-0.3, -0.25) is 0 Å². The average molecular weight is 398 g/mol. The van der Waals surface area contributed by atoms with E-state index in [4.69, 9.17) is 19.3 Å². The van der Waals surface area contributed by atoms with Crippen LogP contribution in [0, 0.1) is 5.92 Å². The number of benzene rings is 1. The van der Waals surface area contributed by atoms with Crippen LogP contribution in [0.25, 0.3) is 0 Å². The first-order valence-electron chi connectivity index (χ1n) is 7.77. The van der Waals surface area contributed by atoms with Gasteiger partial charge < -0.3 is 24.6 Å². The third-order valence-electron chi connectivity index (χ3n) is 4.23. The number of aliphatic hydroxyl groups excluding tert-OH is 1. The Balaban J connectivity index is 2.50. The highest BCUT2D eigenvalue weighted by atomic mass is 79.9. The predicted octanol–water partition coefficient (Wildman–Crippen LogP) is 2.63. The van der Waals surface area contributed by atoms with Gasteiger partial charge in [0.05, 0.1) is 25.3 Å². The average Bonchev–Trinajstić information content (AvgIpc) is 2.62. The van der Waals surface area contributed by atoms with Crippen LogP contribution in [0.3, 0.4) is 0 Å². The lowest BCUT2D eigenvalue weighted by molar-refractivity contribution is -0.00967. The predicted molar refractivity (Wildman–Crippen MR) is 97.7 cm³/mol. The molecular weight excluding hydrogens is 374 g/mol. The van der Waals surface area contributed by atoms with Crippen molar-refractivity contribution in [2.45, 2.75) is 5.60 Å². The largest absolute Gasteiger partial charge is 0.496 e. The van der Waals surface area contributed by atoms with Gasteiger partial charge in [-0.1, -0.05) is 18.2 Å². The quantitative estimate of drug-likeness (QED) is 0.660. The molecule has 24 heavy (non-hydrogen) atoms. The smallest absolute Gasteiger partial charge is 0.133 e. The first-order valence-corrected chi connectivity index (χ1v) is 8.57. The number of rotatable bonds is 8. The van der Waals surface area contributed by atoms with E-state index in [0.29, 0.717) is 18.8 Å². The molecule has 1 aliphatic carbocycles. The lowest BCUT2D eigenvalue weighted by Crippen LogP contribution is -2.42. The van der Waals surface area contributed by atoms with Crippen LogP contribution >= 0.6 is 15.9 Å². The van der Waals surface area contributed by atoms with Crippen molar-refractivity contribution in [2.75, 3.05) is 41.0 Å². The SMILES string of the molecule is COc1cc(C2(OC)C=CC=CC2CNCCO)c(OC)cc1Br. The highest BCUT2D eigenvalue weighted by Crippen LogP contribution is 2.45. The molecule has 0 fully saturated rings. The van der Waals surface area contributed by atoms with Crippen molar-refractivity contribution >= 4 is 15.9 Å². The minimum Gasteiger partial charge on any atom is -0.496 e. The Hall–Kier alpha value is -1.34. The number of hydrogen-bond donors (Lipinski definition) is 2. The monoisotopic (exact) mass is 397 g/mol. The van der Waals surface area contributed by atoms with E-state index < -0.39 is 5.60 Å². The fourth-order valence-corrected chi connectivity index (χ4v) is 3.49. The fraction of sp³-hybridized carbons (Fsp3) is 0.444. The third kappa shape index (κ3) is 3.67. The molecule has 0 saturated carbocycles. The molecule has 0 aliphatic heterocycles. The molecule has 5 nitrogen and oxygen atoms in total. The Morgan fingerprint density at radius 3 is 2.54 bits per heavy atom. The molecule has 0 aromatic heterocycles. The zero-order valence-corrected chi connectivity index (χ0v) is 15.8. The zero-order valence-electron chi connectivity index (χ0n) is 14.2. The Bertz CT molecular complexity index is 617. The van der Waals surface area contributed by atoms with E-state index in [-0.39, 0.29) is 12.5 Å². The van der Waals surface area contributed by atoms with Crippen LogP contribution < -0.4 is 14.8 Å². The first kappa shape index (κ1) is 19.0. The Labute approximate surface area is 151 Å². The summed E-state index contributed by atoms with van der Waals surface area (Å²) in [5.41, 5.74) is 0.209. The lowest BCUT2D eigenvalue weighted by atomic mass is 9.77. The Morgan fingerprint density at radius 1 is 1.17 bits per heavy atom. The molecule has 2 unspecified atom stereocenters. The standard InChI is InChI=1S/C18H24BrNO4/c1-22-16-11-15(19)17(23-2)10-14(16)18(24-3)7-5-4-6-13(18)12-20-8-9-21/h4-7,10-11,13,20-21H,8-9,12H2,1-3H3. The number of hydrogen-bond acceptors (Lipinski definition) is 5. The number of aliphatic hydroxyl groups is 1. The van der Waals surface area contributed by atoms with Crippen LogP contribution in [0.5, 0.6) is 11.5 Å². The summed E-state index contributed by atoms with van der Waals surface area (Å²) in [5.74, 6) is 1.47. The highest BCUT2D eigenvalue weighted by Gasteiger charge is 2.41. The van der Waals surface area contributed by atoms with Crippen LogP contribution in [0.4, 0.5) is 0 Å². The molecule has 2 rings (SSSR count). The van der Waals surface area contributed by atoms with Gasteiger partial charge in [0.15, 0.2) is 0 Å². The van der Waals surface area contributed by atoms with E-state index in [1.54, 1.807) is 21.3 Å². The second kappa shape index (κ2) is 8.67. The maximum atomic E-state index is 9.01. The van der Waals surface area contributed by atoms with Gasteiger partial charge in [0.25, 0.3) is 0 Å². The number of allylic oxidation sites excluding steroid dienone is 2. The molecule has 132 valence electrons. The summed E-state index contributed by atoms with van der Waals surface area (Å²) in [6.07, 6.45) is 8.11. The van der Waals surface area contributed by atoms with Crippen molar-refractivity contribution < 1.29 is 19.3 Å². The summed E-state index contributed by atoms with van der Waals surface area (Å²) >= 11 is 3.49. The normalized spacial score (nSPS) is 22.6. The van der Waals surface area contributed by atoms with Crippen LogP contribution in [0.2, 0.25) is 0 Å². The first-order chi connectivity index (χ1) is 11.6. The van der Waals surface area contributed by atoms with E-state index in [1.807, 2.05) is 30.4 Å². The van der Waals surface area contributed by atoms with Gasteiger partial charge >= 0.3 is 0 Å². The summed E-state index contributed by atoms with van der Waals surface area (Å²) in [5, 5.41) is 12.3. The van der Waals surface area contributed by atoms with E-state index in [9.17, 15) is 0 Å². The van der Waals surface area contributed by atoms with Gasteiger partial charge in [0, 0.05) is 31.7 Å². The third-order valence-corrected chi connectivity index (χ3v) is 4.85. The zero-order chi connectivity index (χ0) is 17.6. The van der Waals surface area contributed by atoms with Gasteiger partial charge in [0.2, 0.25) is 0 Å². The Kier molecular flexibility index (Phi) is 6.86. The number of methoxy groups -OCH3 is 3. The fourth-order valence-electron chi connectivity index (χ4n) is 3.00. The number of nitrogens with one attached hydrogen (secondary N) is 1. The van der Waals surface area contributed by atoms with Gasteiger partial charge in [-0.2, -0.15) is 0 Å². The molecule has 0 bridgehead atoms. The van der Waals surface area contributed by atoms with Crippen LogP contribution in [-0.4, -0.2) is 46.1 Å². The molecule has 0 heterocycles. The molecule has 1 aromatic carbocycles. The number of halogens is 1. The van der Waals surface area contributed by atoms with Crippen molar-refractivity contribution in [1.82, 2.24) is 5.32 Å². The van der Waals surface area contributed by atoms with Gasteiger partial charge in [-0.05, 0) is 34.1 Å². The van der Waals surface area contributed by atoms with Gasteiger partial charge in [-0.15, -0.1) is 0 Å². The molecule has 0 radical (unpaired) electrons. The van der Waals surface area contributed by atoms with Gasteiger partial charge in [-0.25, -0.2) is 0 Å². The van der Waals surface area contributed by atoms with Crippen LogP contribution in [-0.2, 0) is 10.3 Å². The summed E-state index contributed by atoms with van der Waals surface area (Å²) in [6.45, 7) is 1.30. The molecule has 1 aromatic rings. The van der Waals surface area contributed by atoms with E-state index in [2.05, 4.69) is 27.3 Å². The summed E-state index contributed by atoms with van der Waals surface area (Å²) in [4.78, 5) is 0. The van der Waals surface area contributed by atoms with Crippen molar-refractivity contribution in [1.29, 1.82) is 0 Å². The Morgan fingerprint density at radius 2 is 1.92 bits per heavy atom. The topological polar surface area (TPSA) is 60.0 Å². The summed E-state index contributed by atoms with van der Waals surface area (Å²) < 4.78 is 17.9. The second-order valence-electron chi connectivity index (χ2n) is 5.46. The van der Waals surface area contributed by atoms with Crippen LogP contribution in [0.1, 0.15) is 5.56 Å². The second-order valence-corrected chi connectivity index (χ2v) is 6.32. The van der Waals surface area contributed by atoms with Crippen molar-refractivity contribution in [3.05, 3.63) is 46.5 Å². The van der Waals surface area contributed by atoms with E-state index >= 15 is 0 Å². The van der Waals surface area contributed by atoms with Crippen molar-refractivity contribution in [3.8, 4) is 11.5 Å². The molecule has 6 heteroatoms. The molecule has 0 spiro atoms. The molecule has 2 N–H and O–H groups in total. The minimum absolute atomic E-state index is 0.0406. The van der Waals surface area contributed by atoms with Crippen molar-refractivity contribution in [2.24, 2.45) is 5.92 Å². The molecule has 0 amide bonds. The minimum atomic E-state index is -0.684. The summed E-state index contributed by atoms with van der Waals surface area (Å²) in [6, 6.07) is 3.83. The van der Waals surface area contributed by atoms with E-state index in [1.165, 1.54) is 0 Å². The van der Waals surface area contributed by atoms with Gasteiger partial charge in [0.1, 0.15) is 17.1 Å². The molecule has 2 atom stereocenters. The highest BCUT2D eigenvalue weighted by molar-refractivity contribution is 9.10. The maximum absolute atomic E-state index is 9.01. The van der Waals surface area contributed by atoms with E-state index in [0.717, 1.165) is 15.8 Å². The molecule has 1 aliphatic rings. The van der Waals surface area contributed by atoms with Crippen LogP contribution in [0.15, 0.2) is 40.9 Å². The maximum Gasteiger partial charge on any atom is 0.133 e. The van der Waals surface area contributed by atoms with Crippen molar-refractivity contribution in [3.63, 3.8) is 0 Å². The molecular formula is C18H24BrNO4. The molecule has 0 saturated heterocycles.